The standard InChI is InChI=1S/C20H29N3O/c1-22-12-9-17-13-16(7-8-18(17)22)19(23-10-3-2-4-11-23)14-21-20(24)15-5-6-15/h7-8,13,15,19H,2-6,9-12,14H2,1H3,(H,21,24)/t19-/m1/s1. The lowest BCUT2D eigenvalue weighted by Crippen LogP contribution is -2.41. The van der Waals surface area contributed by atoms with Crippen LogP contribution < -0.4 is 10.2 Å². The molecule has 0 spiro atoms. The molecular weight excluding hydrogens is 298 g/mol. The van der Waals surface area contributed by atoms with Crippen LogP contribution in [0.3, 0.4) is 0 Å². The molecule has 1 saturated carbocycles. The molecule has 2 aliphatic heterocycles. The van der Waals surface area contributed by atoms with Crippen LogP contribution in [0.15, 0.2) is 18.2 Å². The molecule has 4 rings (SSSR count). The maximum Gasteiger partial charge on any atom is 0.223 e. The molecule has 0 aromatic heterocycles. The van der Waals surface area contributed by atoms with Gasteiger partial charge in [-0.25, -0.2) is 0 Å². The Morgan fingerprint density at radius 3 is 2.75 bits per heavy atom. The Bertz CT molecular complexity index is 605. The highest BCUT2D eigenvalue weighted by Gasteiger charge is 2.31. The van der Waals surface area contributed by atoms with Crippen molar-refractivity contribution in [2.45, 2.75) is 44.6 Å². The van der Waals surface area contributed by atoms with Gasteiger partial charge in [-0.3, -0.25) is 9.69 Å². The third-order valence-corrected chi connectivity index (χ3v) is 5.87. The SMILES string of the molecule is CN1CCc2cc([C@@H](CNC(=O)C3CC3)N3CCCCC3)ccc21. The van der Waals surface area contributed by atoms with Crippen molar-refractivity contribution >= 4 is 11.6 Å². The normalized spacial score (nSPS) is 22.3. The van der Waals surface area contributed by atoms with Gasteiger partial charge < -0.3 is 10.2 Å². The summed E-state index contributed by atoms with van der Waals surface area (Å²) in [6, 6.07) is 7.27. The van der Waals surface area contributed by atoms with Crippen molar-refractivity contribution in [1.82, 2.24) is 10.2 Å². The molecular formula is C20H29N3O. The van der Waals surface area contributed by atoms with Gasteiger partial charge in [-0.15, -0.1) is 0 Å². The van der Waals surface area contributed by atoms with Crippen molar-refractivity contribution in [1.29, 1.82) is 0 Å². The van der Waals surface area contributed by atoms with Crippen molar-refractivity contribution < 1.29 is 4.79 Å². The van der Waals surface area contributed by atoms with Gasteiger partial charge in [-0.05, 0) is 62.4 Å². The largest absolute Gasteiger partial charge is 0.374 e. The first-order valence-electron chi connectivity index (χ1n) is 9.58. The third-order valence-electron chi connectivity index (χ3n) is 5.87. The van der Waals surface area contributed by atoms with Gasteiger partial charge in [0.1, 0.15) is 0 Å². The van der Waals surface area contributed by atoms with Crippen LogP contribution in [0, 0.1) is 5.92 Å². The summed E-state index contributed by atoms with van der Waals surface area (Å²) in [4.78, 5) is 17.0. The number of fused-ring (bicyclic) bond motifs is 1. The molecule has 1 aromatic rings. The molecule has 1 saturated heterocycles. The Morgan fingerprint density at radius 2 is 2.00 bits per heavy atom. The van der Waals surface area contributed by atoms with Crippen molar-refractivity contribution in [3.8, 4) is 0 Å². The Hall–Kier alpha value is -1.55. The molecule has 3 aliphatic rings. The van der Waals surface area contributed by atoms with Crippen LogP contribution in [0.4, 0.5) is 5.69 Å². The van der Waals surface area contributed by atoms with Gasteiger partial charge in [-0.1, -0.05) is 18.6 Å². The van der Waals surface area contributed by atoms with Crippen LogP contribution in [0.5, 0.6) is 0 Å². The van der Waals surface area contributed by atoms with Gasteiger partial charge in [0.25, 0.3) is 0 Å². The number of carbonyl (C=O) groups is 1. The minimum atomic E-state index is 0.262. The second-order valence-electron chi connectivity index (χ2n) is 7.69. The monoisotopic (exact) mass is 327 g/mol. The average molecular weight is 327 g/mol. The topological polar surface area (TPSA) is 35.6 Å². The minimum absolute atomic E-state index is 0.262. The molecule has 24 heavy (non-hydrogen) atoms. The number of carbonyl (C=O) groups excluding carboxylic acids is 1. The number of nitrogens with one attached hydrogen (secondary N) is 1. The van der Waals surface area contributed by atoms with Gasteiger partial charge in [0.15, 0.2) is 0 Å². The van der Waals surface area contributed by atoms with E-state index in [9.17, 15) is 4.79 Å². The summed E-state index contributed by atoms with van der Waals surface area (Å²) in [5.41, 5.74) is 4.21. The molecule has 4 heteroatoms. The van der Waals surface area contributed by atoms with Crippen LogP contribution in [0.25, 0.3) is 0 Å². The van der Waals surface area contributed by atoms with Gasteiger partial charge in [0, 0.05) is 31.7 Å². The summed E-state index contributed by atoms with van der Waals surface area (Å²) >= 11 is 0. The number of likely N-dealkylation sites (N-methyl/N-ethyl adjacent to an activating group) is 1. The number of likely N-dealkylation sites (tertiary alicyclic amines) is 1. The minimum Gasteiger partial charge on any atom is -0.374 e. The third kappa shape index (κ3) is 3.30. The predicted molar refractivity (Wildman–Crippen MR) is 97.3 cm³/mol. The van der Waals surface area contributed by atoms with Gasteiger partial charge in [0.2, 0.25) is 5.91 Å². The molecule has 1 aromatic carbocycles. The van der Waals surface area contributed by atoms with Crippen molar-refractivity contribution in [2.75, 3.05) is 38.1 Å². The van der Waals surface area contributed by atoms with E-state index >= 15 is 0 Å². The van der Waals surface area contributed by atoms with E-state index in [4.69, 9.17) is 0 Å². The zero-order valence-electron chi connectivity index (χ0n) is 14.8. The summed E-state index contributed by atoms with van der Waals surface area (Å²) in [6.07, 6.45) is 7.19. The molecule has 0 unspecified atom stereocenters. The highest BCUT2D eigenvalue weighted by molar-refractivity contribution is 5.80. The molecule has 0 bridgehead atoms. The predicted octanol–water partition coefficient (Wildman–Crippen LogP) is 2.73. The van der Waals surface area contributed by atoms with E-state index in [0.717, 1.165) is 45.4 Å². The number of piperidine rings is 1. The first-order chi connectivity index (χ1) is 11.7. The molecule has 1 atom stereocenters. The summed E-state index contributed by atoms with van der Waals surface area (Å²) in [6.45, 7) is 4.18. The number of hydrogen-bond donors (Lipinski definition) is 1. The highest BCUT2D eigenvalue weighted by Crippen LogP contribution is 2.33. The number of nitrogens with zero attached hydrogens (tertiary/aromatic N) is 2. The van der Waals surface area contributed by atoms with E-state index < -0.39 is 0 Å². The summed E-state index contributed by atoms with van der Waals surface area (Å²) in [5, 5.41) is 3.23. The number of rotatable bonds is 5. The summed E-state index contributed by atoms with van der Waals surface area (Å²) in [7, 11) is 2.17. The van der Waals surface area contributed by atoms with Gasteiger partial charge in [-0.2, -0.15) is 0 Å². The van der Waals surface area contributed by atoms with Crippen LogP contribution in [0.1, 0.15) is 49.3 Å². The number of benzene rings is 1. The maximum atomic E-state index is 12.1. The molecule has 1 amide bonds. The summed E-state index contributed by atoms with van der Waals surface area (Å²) in [5.74, 6) is 0.554. The van der Waals surface area contributed by atoms with E-state index in [1.807, 2.05) is 0 Å². The average Bonchev–Trinajstić information content (AvgIpc) is 3.40. The van der Waals surface area contributed by atoms with Gasteiger partial charge in [0.05, 0.1) is 6.04 Å². The Balaban J connectivity index is 1.53. The lowest BCUT2D eigenvalue weighted by atomic mass is 9.98. The first kappa shape index (κ1) is 15.9. The number of anilines is 1. The van der Waals surface area contributed by atoms with Gasteiger partial charge >= 0.3 is 0 Å². The second-order valence-corrected chi connectivity index (χ2v) is 7.69. The van der Waals surface area contributed by atoms with E-state index in [1.54, 1.807) is 0 Å². The van der Waals surface area contributed by atoms with Crippen molar-refractivity contribution in [3.05, 3.63) is 29.3 Å². The van der Waals surface area contributed by atoms with E-state index in [0.29, 0.717) is 12.0 Å². The number of amides is 1. The number of hydrogen-bond acceptors (Lipinski definition) is 3. The first-order valence-corrected chi connectivity index (χ1v) is 9.58. The molecule has 130 valence electrons. The molecule has 1 N–H and O–H groups in total. The molecule has 2 fully saturated rings. The maximum absolute atomic E-state index is 12.1. The molecule has 0 radical (unpaired) electrons. The van der Waals surface area contributed by atoms with E-state index in [1.165, 1.54) is 36.1 Å². The van der Waals surface area contributed by atoms with Crippen molar-refractivity contribution in [3.63, 3.8) is 0 Å². The lowest BCUT2D eigenvalue weighted by Gasteiger charge is -2.35. The fourth-order valence-corrected chi connectivity index (χ4v) is 4.17. The molecule has 1 aliphatic carbocycles. The Morgan fingerprint density at radius 1 is 1.21 bits per heavy atom. The second kappa shape index (κ2) is 6.75. The molecule has 2 heterocycles. The smallest absolute Gasteiger partial charge is 0.223 e. The Kier molecular flexibility index (Phi) is 4.49. The van der Waals surface area contributed by atoms with E-state index in [-0.39, 0.29) is 5.91 Å². The zero-order valence-corrected chi connectivity index (χ0v) is 14.8. The van der Waals surface area contributed by atoms with Crippen LogP contribution in [0.2, 0.25) is 0 Å². The van der Waals surface area contributed by atoms with Crippen LogP contribution in [-0.4, -0.2) is 44.0 Å². The highest BCUT2D eigenvalue weighted by atomic mass is 16.2. The zero-order chi connectivity index (χ0) is 16.5. The van der Waals surface area contributed by atoms with E-state index in [2.05, 4.69) is 40.4 Å². The Labute approximate surface area is 145 Å². The van der Waals surface area contributed by atoms with Crippen molar-refractivity contribution in [2.24, 2.45) is 5.92 Å². The summed E-state index contributed by atoms with van der Waals surface area (Å²) < 4.78 is 0. The quantitative estimate of drug-likeness (QED) is 0.903. The lowest BCUT2D eigenvalue weighted by molar-refractivity contribution is -0.122. The van der Waals surface area contributed by atoms with Crippen LogP contribution in [-0.2, 0) is 11.2 Å². The fraction of sp³-hybridized carbons (Fsp3) is 0.650. The van der Waals surface area contributed by atoms with Crippen LogP contribution >= 0.6 is 0 Å². The molecule has 4 nitrogen and oxygen atoms in total. The fourth-order valence-electron chi connectivity index (χ4n) is 4.17.